The van der Waals surface area contributed by atoms with Crippen molar-refractivity contribution < 1.29 is 0 Å². The lowest BCUT2D eigenvalue weighted by Crippen LogP contribution is -2.16. The van der Waals surface area contributed by atoms with Crippen LogP contribution in [-0.2, 0) is 13.1 Å². The van der Waals surface area contributed by atoms with Gasteiger partial charge in [-0.3, -0.25) is 4.79 Å². The Morgan fingerprint density at radius 1 is 1.14 bits per heavy atom. The maximum atomic E-state index is 12.1. The summed E-state index contributed by atoms with van der Waals surface area (Å²) in [5.74, 6) is 0.500. The van der Waals surface area contributed by atoms with E-state index in [1.54, 1.807) is 0 Å². The van der Waals surface area contributed by atoms with Gasteiger partial charge in [0.05, 0.1) is 16.8 Å². The van der Waals surface area contributed by atoms with Crippen molar-refractivity contribution in [2.24, 2.45) is 0 Å². The van der Waals surface area contributed by atoms with Crippen molar-refractivity contribution in [2.75, 3.05) is 0 Å². The third-order valence-electron chi connectivity index (χ3n) is 3.60. The smallest absolute Gasteiger partial charge is 0.256 e. The number of aromatic nitrogens is 3. The molecular formula is C15H11BrN4O. The number of nitrogens with zero attached hydrogens (tertiary/aromatic N) is 2. The number of nitrogens with one attached hydrogen (secondary N) is 2. The fourth-order valence-corrected chi connectivity index (χ4v) is 3.07. The molecule has 2 N–H and O–H groups in total. The molecule has 0 saturated carbocycles. The Hall–Kier alpha value is -2.05. The fraction of sp³-hybridized carbons (Fsp3) is 0.133. The molecule has 0 amide bonds. The molecule has 1 aliphatic rings. The molecule has 6 heteroatoms. The summed E-state index contributed by atoms with van der Waals surface area (Å²) < 4.78 is 0.815. The molecule has 0 unspecified atom stereocenters. The van der Waals surface area contributed by atoms with Crippen molar-refractivity contribution in [1.29, 1.82) is 0 Å². The number of fused-ring (bicyclic) bond motifs is 2. The lowest BCUT2D eigenvalue weighted by atomic mass is 10.2. The van der Waals surface area contributed by atoms with E-state index < -0.39 is 0 Å². The second-order valence-corrected chi connectivity index (χ2v) is 5.81. The van der Waals surface area contributed by atoms with E-state index in [2.05, 4.69) is 36.2 Å². The molecular weight excluding hydrogens is 332 g/mol. The lowest BCUT2D eigenvalue weighted by Gasteiger charge is -2.07. The first-order chi connectivity index (χ1) is 10.2. The van der Waals surface area contributed by atoms with Gasteiger partial charge in [-0.05, 0) is 28.1 Å². The number of rotatable bonds is 1. The van der Waals surface area contributed by atoms with Gasteiger partial charge in [-0.2, -0.15) is 0 Å². The number of pyridine rings is 1. The van der Waals surface area contributed by atoms with Crippen LogP contribution in [0.15, 0.2) is 39.6 Å². The topological polar surface area (TPSA) is 70.7 Å². The summed E-state index contributed by atoms with van der Waals surface area (Å²) in [6, 6.07) is 9.84. The maximum absolute atomic E-state index is 12.1. The van der Waals surface area contributed by atoms with Gasteiger partial charge in [0, 0.05) is 22.9 Å². The monoisotopic (exact) mass is 342 g/mol. The van der Waals surface area contributed by atoms with Crippen LogP contribution in [0.5, 0.6) is 0 Å². The van der Waals surface area contributed by atoms with Crippen LogP contribution in [0.3, 0.4) is 0 Å². The quantitative estimate of drug-likeness (QED) is 0.712. The van der Waals surface area contributed by atoms with Gasteiger partial charge in [-0.25, -0.2) is 9.97 Å². The Morgan fingerprint density at radius 2 is 2.00 bits per heavy atom. The zero-order valence-electron chi connectivity index (χ0n) is 11.0. The number of para-hydroxylation sites is 1. The first-order valence-corrected chi connectivity index (χ1v) is 7.40. The molecule has 3 aromatic rings. The number of H-pyrrole nitrogens is 1. The Labute approximate surface area is 128 Å². The van der Waals surface area contributed by atoms with Gasteiger partial charge in [0.25, 0.3) is 5.56 Å². The van der Waals surface area contributed by atoms with E-state index in [9.17, 15) is 4.79 Å². The highest BCUT2D eigenvalue weighted by atomic mass is 79.9. The van der Waals surface area contributed by atoms with Crippen LogP contribution in [-0.4, -0.2) is 15.0 Å². The molecule has 2 aromatic heterocycles. The average molecular weight is 343 g/mol. The predicted octanol–water partition coefficient (Wildman–Crippen LogP) is 2.35. The molecule has 21 heavy (non-hydrogen) atoms. The molecule has 0 bridgehead atoms. The summed E-state index contributed by atoms with van der Waals surface area (Å²) in [6.07, 6.45) is 0. The van der Waals surface area contributed by atoms with Crippen LogP contribution in [0.4, 0.5) is 0 Å². The molecule has 1 aliphatic heterocycles. The molecule has 1 aromatic carbocycles. The van der Waals surface area contributed by atoms with Gasteiger partial charge in [0.2, 0.25) is 0 Å². The second-order valence-electron chi connectivity index (χ2n) is 4.95. The van der Waals surface area contributed by atoms with E-state index in [4.69, 9.17) is 0 Å². The Bertz CT molecular complexity index is 919. The van der Waals surface area contributed by atoms with E-state index in [-0.39, 0.29) is 5.56 Å². The summed E-state index contributed by atoms with van der Waals surface area (Å²) >= 11 is 3.52. The minimum Gasteiger partial charge on any atom is -0.307 e. The van der Waals surface area contributed by atoms with Gasteiger partial charge in [-0.15, -0.1) is 0 Å². The van der Waals surface area contributed by atoms with Crippen molar-refractivity contribution in [1.82, 2.24) is 20.3 Å². The first-order valence-electron chi connectivity index (χ1n) is 6.61. The summed E-state index contributed by atoms with van der Waals surface area (Å²) in [7, 11) is 0. The first kappa shape index (κ1) is 12.7. The van der Waals surface area contributed by atoms with Crippen molar-refractivity contribution in [3.63, 3.8) is 0 Å². The molecule has 0 atom stereocenters. The summed E-state index contributed by atoms with van der Waals surface area (Å²) in [5.41, 5.74) is 2.95. The van der Waals surface area contributed by atoms with Crippen LogP contribution in [0.2, 0.25) is 0 Å². The Morgan fingerprint density at radius 3 is 2.90 bits per heavy atom. The van der Waals surface area contributed by atoms with Crippen LogP contribution in [0.1, 0.15) is 11.3 Å². The third-order valence-corrected chi connectivity index (χ3v) is 4.20. The van der Waals surface area contributed by atoms with Gasteiger partial charge in [-0.1, -0.05) is 18.2 Å². The summed E-state index contributed by atoms with van der Waals surface area (Å²) in [5, 5.41) is 4.18. The number of halogens is 1. The van der Waals surface area contributed by atoms with Gasteiger partial charge in [0.1, 0.15) is 5.69 Å². The van der Waals surface area contributed by atoms with Crippen LogP contribution in [0, 0.1) is 0 Å². The standard InChI is InChI=1S/C15H11BrN4O/c16-10-5-8-3-1-2-4-11(8)18-13(10)14-19-12-7-17-6-9(12)15(21)20-14/h1-5,17H,6-7H2,(H,19,20,21). The highest BCUT2D eigenvalue weighted by molar-refractivity contribution is 9.10. The van der Waals surface area contributed by atoms with E-state index in [1.807, 2.05) is 30.3 Å². The molecule has 0 saturated heterocycles. The van der Waals surface area contributed by atoms with Gasteiger partial charge < -0.3 is 10.3 Å². The second kappa shape index (κ2) is 4.75. The Balaban J connectivity index is 1.96. The van der Waals surface area contributed by atoms with Gasteiger partial charge in [0.15, 0.2) is 5.82 Å². The SMILES string of the molecule is O=c1[nH]c(-c2nc3ccccc3cc2Br)nc2c1CNC2. The number of hydrogen-bond acceptors (Lipinski definition) is 4. The average Bonchev–Trinajstić information content (AvgIpc) is 2.95. The molecule has 0 aliphatic carbocycles. The van der Waals surface area contributed by atoms with Crippen LogP contribution >= 0.6 is 15.9 Å². The van der Waals surface area contributed by atoms with Crippen molar-refractivity contribution in [3.05, 3.63) is 56.4 Å². The molecule has 104 valence electrons. The van der Waals surface area contributed by atoms with E-state index >= 15 is 0 Å². The van der Waals surface area contributed by atoms with E-state index in [0.717, 1.165) is 26.6 Å². The fourth-order valence-electron chi connectivity index (χ4n) is 2.55. The number of aromatic amines is 1. The number of hydrogen-bond donors (Lipinski definition) is 2. The normalized spacial score (nSPS) is 13.6. The van der Waals surface area contributed by atoms with Crippen molar-refractivity contribution in [2.45, 2.75) is 13.1 Å². The highest BCUT2D eigenvalue weighted by Crippen LogP contribution is 2.27. The minimum atomic E-state index is -0.0955. The largest absolute Gasteiger partial charge is 0.307 e. The van der Waals surface area contributed by atoms with E-state index in [0.29, 0.717) is 24.6 Å². The predicted molar refractivity (Wildman–Crippen MR) is 83.8 cm³/mol. The minimum absolute atomic E-state index is 0.0955. The molecule has 0 fully saturated rings. The zero-order valence-corrected chi connectivity index (χ0v) is 12.6. The van der Waals surface area contributed by atoms with E-state index in [1.165, 1.54) is 0 Å². The molecule has 4 rings (SSSR count). The highest BCUT2D eigenvalue weighted by Gasteiger charge is 2.18. The number of benzene rings is 1. The molecule has 5 nitrogen and oxygen atoms in total. The van der Waals surface area contributed by atoms with Gasteiger partial charge >= 0.3 is 0 Å². The van der Waals surface area contributed by atoms with Crippen LogP contribution in [0.25, 0.3) is 22.4 Å². The van der Waals surface area contributed by atoms with Crippen LogP contribution < -0.4 is 10.9 Å². The molecule has 3 heterocycles. The Kier molecular flexibility index (Phi) is 2.87. The maximum Gasteiger partial charge on any atom is 0.256 e. The summed E-state index contributed by atoms with van der Waals surface area (Å²) in [6.45, 7) is 1.20. The summed E-state index contributed by atoms with van der Waals surface area (Å²) in [4.78, 5) is 24.1. The molecule has 0 radical (unpaired) electrons. The zero-order chi connectivity index (χ0) is 14.4. The molecule has 0 spiro atoms. The third kappa shape index (κ3) is 2.07. The van der Waals surface area contributed by atoms with Crippen molar-refractivity contribution in [3.8, 4) is 11.5 Å². The lowest BCUT2D eigenvalue weighted by molar-refractivity contribution is 0.757. The van der Waals surface area contributed by atoms with Crippen molar-refractivity contribution >= 4 is 26.8 Å².